The Hall–Kier alpha value is -2.70. The van der Waals surface area contributed by atoms with E-state index in [0.29, 0.717) is 19.1 Å². The summed E-state index contributed by atoms with van der Waals surface area (Å²) in [4.78, 5) is 21.9. The van der Waals surface area contributed by atoms with Crippen LogP contribution in [0, 0.1) is 5.82 Å². The van der Waals surface area contributed by atoms with Crippen molar-refractivity contribution in [1.29, 1.82) is 0 Å². The Balaban J connectivity index is 1.59. The average Bonchev–Trinajstić information content (AvgIpc) is 2.58. The molecule has 1 aliphatic heterocycles. The number of piperidine rings is 1. The van der Waals surface area contributed by atoms with E-state index in [1.54, 1.807) is 35.5 Å². The van der Waals surface area contributed by atoms with Crippen molar-refractivity contribution >= 4 is 11.7 Å². The van der Waals surface area contributed by atoms with Crippen LogP contribution in [-0.4, -0.2) is 40.1 Å². The van der Waals surface area contributed by atoms with E-state index >= 15 is 0 Å². The molecule has 1 atom stereocenters. The molecule has 2 amide bonds. The minimum Gasteiger partial charge on any atom is -0.458 e. The molecule has 2 heterocycles. The molecule has 1 N–H and O–H groups in total. The summed E-state index contributed by atoms with van der Waals surface area (Å²) >= 11 is 0. The molecule has 0 aliphatic carbocycles. The van der Waals surface area contributed by atoms with Gasteiger partial charge in [-0.15, -0.1) is 0 Å². The largest absolute Gasteiger partial charge is 0.458 e. The van der Waals surface area contributed by atoms with Crippen LogP contribution in [0.5, 0.6) is 6.01 Å². The van der Waals surface area contributed by atoms with Crippen molar-refractivity contribution in [3.63, 3.8) is 0 Å². The highest BCUT2D eigenvalue weighted by atomic mass is 19.1. The molecule has 120 valence electrons. The number of hydrogen-bond donors (Lipinski definition) is 1. The molecular weight excluding hydrogens is 299 g/mol. The summed E-state index contributed by atoms with van der Waals surface area (Å²) in [5.41, 5.74) is 0.173. The van der Waals surface area contributed by atoms with Crippen molar-refractivity contribution in [2.45, 2.75) is 18.9 Å². The van der Waals surface area contributed by atoms with Crippen LogP contribution in [0.25, 0.3) is 0 Å². The van der Waals surface area contributed by atoms with Gasteiger partial charge in [-0.2, -0.15) is 0 Å². The van der Waals surface area contributed by atoms with Crippen molar-refractivity contribution in [2.24, 2.45) is 0 Å². The molecule has 6 nitrogen and oxygen atoms in total. The standard InChI is InChI=1S/C16H17FN4O2/c17-13-6-1-2-7-14(13)20-16(22)21-10-3-5-12(11-21)23-15-18-8-4-9-19-15/h1-2,4,6-9,12H,3,5,10-11H2,(H,20,22). The number of halogens is 1. The molecule has 23 heavy (non-hydrogen) atoms. The molecule has 1 aromatic heterocycles. The molecular formula is C16H17FN4O2. The fraction of sp³-hybridized carbons (Fsp3) is 0.312. The number of urea groups is 1. The Labute approximate surface area is 133 Å². The van der Waals surface area contributed by atoms with Crippen molar-refractivity contribution in [3.05, 3.63) is 48.5 Å². The topological polar surface area (TPSA) is 67.4 Å². The summed E-state index contributed by atoms with van der Waals surface area (Å²) in [7, 11) is 0. The van der Waals surface area contributed by atoms with E-state index < -0.39 is 5.82 Å². The van der Waals surface area contributed by atoms with Gasteiger partial charge in [0.2, 0.25) is 0 Å². The number of hydrogen-bond acceptors (Lipinski definition) is 4. The van der Waals surface area contributed by atoms with E-state index in [2.05, 4.69) is 15.3 Å². The maximum Gasteiger partial charge on any atom is 0.322 e. The van der Waals surface area contributed by atoms with Crippen LogP contribution in [0.3, 0.4) is 0 Å². The molecule has 3 rings (SSSR count). The lowest BCUT2D eigenvalue weighted by atomic mass is 10.1. The number of nitrogens with one attached hydrogen (secondary N) is 1. The van der Waals surface area contributed by atoms with E-state index in [1.807, 2.05) is 0 Å². The van der Waals surface area contributed by atoms with E-state index in [-0.39, 0.29) is 17.8 Å². The molecule has 0 saturated carbocycles. The molecule has 0 radical (unpaired) electrons. The van der Waals surface area contributed by atoms with Crippen molar-refractivity contribution in [1.82, 2.24) is 14.9 Å². The van der Waals surface area contributed by atoms with Crippen LogP contribution in [0.1, 0.15) is 12.8 Å². The van der Waals surface area contributed by atoms with Gasteiger partial charge in [0.25, 0.3) is 0 Å². The molecule has 0 bridgehead atoms. The Morgan fingerprint density at radius 3 is 2.83 bits per heavy atom. The number of benzene rings is 1. The number of nitrogens with zero attached hydrogens (tertiary/aromatic N) is 3. The van der Waals surface area contributed by atoms with E-state index in [9.17, 15) is 9.18 Å². The van der Waals surface area contributed by atoms with Crippen LogP contribution in [0.15, 0.2) is 42.7 Å². The van der Waals surface area contributed by atoms with Crippen LogP contribution < -0.4 is 10.1 Å². The monoisotopic (exact) mass is 316 g/mol. The zero-order chi connectivity index (χ0) is 16.1. The third kappa shape index (κ3) is 3.94. The highest BCUT2D eigenvalue weighted by Crippen LogP contribution is 2.18. The SMILES string of the molecule is O=C(Nc1ccccc1F)N1CCCC(Oc2ncccn2)C1. The first-order valence-corrected chi connectivity index (χ1v) is 7.46. The van der Waals surface area contributed by atoms with Gasteiger partial charge in [-0.1, -0.05) is 12.1 Å². The van der Waals surface area contributed by atoms with Crippen LogP contribution >= 0.6 is 0 Å². The normalized spacial score (nSPS) is 17.6. The maximum absolute atomic E-state index is 13.6. The third-order valence-electron chi connectivity index (χ3n) is 3.59. The number of likely N-dealkylation sites (tertiary alicyclic amines) is 1. The highest BCUT2D eigenvalue weighted by molar-refractivity contribution is 5.89. The number of anilines is 1. The van der Waals surface area contributed by atoms with Gasteiger partial charge >= 0.3 is 12.0 Å². The first-order chi connectivity index (χ1) is 11.2. The lowest BCUT2D eigenvalue weighted by molar-refractivity contribution is 0.0983. The zero-order valence-corrected chi connectivity index (χ0v) is 12.5. The summed E-state index contributed by atoms with van der Waals surface area (Å²) in [5.74, 6) is -0.455. The Bertz CT molecular complexity index is 668. The summed E-state index contributed by atoms with van der Waals surface area (Å²) in [6.07, 6.45) is 4.67. The van der Waals surface area contributed by atoms with Gasteiger partial charge in [-0.3, -0.25) is 0 Å². The lowest BCUT2D eigenvalue weighted by Gasteiger charge is -2.32. The average molecular weight is 316 g/mol. The highest BCUT2D eigenvalue weighted by Gasteiger charge is 2.25. The van der Waals surface area contributed by atoms with Gasteiger partial charge < -0.3 is 15.0 Å². The first-order valence-electron chi connectivity index (χ1n) is 7.46. The third-order valence-corrected chi connectivity index (χ3v) is 3.59. The van der Waals surface area contributed by atoms with Crippen LogP contribution in [-0.2, 0) is 0 Å². The molecule has 1 saturated heterocycles. The first kappa shape index (κ1) is 15.2. The number of aromatic nitrogens is 2. The van der Waals surface area contributed by atoms with Crippen LogP contribution in [0.2, 0.25) is 0 Å². The Kier molecular flexibility index (Phi) is 4.65. The molecule has 1 aromatic carbocycles. The fourth-order valence-corrected chi connectivity index (χ4v) is 2.47. The number of para-hydroxylation sites is 1. The Morgan fingerprint density at radius 1 is 1.26 bits per heavy atom. The van der Waals surface area contributed by atoms with Gasteiger partial charge in [0.1, 0.15) is 11.9 Å². The van der Waals surface area contributed by atoms with Crippen LogP contribution in [0.4, 0.5) is 14.9 Å². The van der Waals surface area contributed by atoms with Gasteiger partial charge in [0.05, 0.1) is 12.2 Å². The predicted octanol–water partition coefficient (Wildman–Crippen LogP) is 2.69. The number of amides is 2. The minimum atomic E-state index is -0.455. The van der Waals surface area contributed by atoms with E-state index in [1.165, 1.54) is 12.1 Å². The number of ether oxygens (including phenoxy) is 1. The summed E-state index contributed by atoms with van der Waals surface area (Å²) < 4.78 is 19.3. The second kappa shape index (κ2) is 7.04. The lowest BCUT2D eigenvalue weighted by Crippen LogP contribution is -2.46. The summed E-state index contributed by atoms with van der Waals surface area (Å²) in [5, 5.41) is 2.59. The number of rotatable bonds is 3. The quantitative estimate of drug-likeness (QED) is 0.945. The number of carbonyl (C=O) groups is 1. The van der Waals surface area contributed by atoms with Crippen molar-refractivity contribution < 1.29 is 13.9 Å². The Morgan fingerprint density at radius 2 is 2.04 bits per heavy atom. The van der Waals surface area contributed by atoms with Gasteiger partial charge in [0, 0.05) is 18.9 Å². The second-order valence-electron chi connectivity index (χ2n) is 5.27. The molecule has 1 aliphatic rings. The van der Waals surface area contributed by atoms with Crippen molar-refractivity contribution in [3.8, 4) is 6.01 Å². The van der Waals surface area contributed by atoms with E-state index in [0.717, 1.165) is 12.8 Å². The fourth-order valence-electron chi connectivity index (χ4n) is 2.47. The van der Waals surface area contributed by atoms with Gasteiger partial charge in [-0.25, -0.2) is 19.2 Å². The van der Waals surface area contributed by atoms with Gasteiger partial charge in [0.15, 0.2) is 0 Å². The van der Waals surface area contributed by atoms with Gasteiger partial charge in [-0.05, 0) is 31.0 Å². The minimum absolute atomic E-state index is 0.169. The summed E-state index contributed by atoms with van der Waals surface area (Å²) in [6.45, 7) is 1.02. The second-order valence-corrected chi connectivity index (χ2v) is 5.27. The molecule has 0 spiro atoms. The molecule has 7 heteroatoms. The smallest absolute Gasteiger partial charge is 0.322 e. The molecule has 1 unspecified atom stereocenters. The predicted molar refractivity (Wildman–Crippen MR) is 82.7 cm³/mol. The molecule has 2 aromatic rings. The van der Waals surface area contributed by atoms with Crippen molar-refractivity contribution in [2.75, 3.05) is 18.4 Å². The number of carbonyl (C=O) groups excluding carboxylic acids is 1. The summed E-state index contributed by atoms with van der Waals surface area (Å²) in [6, 6.07) is 7.77. The zero-order valence-electron chi connectivity index (χ0n) is 12.5. The maximum atomic E-state index is 13.6. The van der Waals surface area contributed by atoms with E-state index in [4.69, 9.17) is 4.74 Å². The molecule has 1 fully saturated rings.